The summed E-state index contributed by atoms with van der Waals surface area (Å²) in [5, 5.41) is 7.75. The molecule has 6 heteroatoms. The fourth-order valence-corrected chi connectivity index (χ4v) is 3.91. The Bertz CT molecular complexity index is 869. The van der Waals surface area contributed by atoms with Crippen LogP contribution in [0, 0.1) is 0 Å². The van der Waals surface area contributed by atoms with E-state index < -0.39 is 0 Å². The van der Waals surface area contributed by atoms with Gasteiger partial charge in [0.05, 0.1) is 6.04 Å². The molecule has 2 heterocycles. The van der Waals surface area contributed by atoms with Gasteiger partial charge in [-0.1, -0.05) is 35.5 Å². The van der Waals surface area contributed by atoms with Gasteiger partial charge >= 0.3 is 0 Å². The van der Waals surface area contributed by atoms with Crippen LogP contribution in [0.4, 0.5) is 11.5 Å². The van der Waals surface area contributed by atoms with Gasteiger partial charge in [-0.2, -0.15) is 0 Å². The fraction of sp³-hybridized carbons (Fsp3) is 0.158. The molecule has 0 radical (unpaired) electrons. The van der Waals surface area contributed by atoms with Crippen LogP contribution in [0.3, 0.4) is 0 Å². The van der Waals surface area contributed by atoms with Crippen LogP contribution >= 0.6 is 23.4 Å². The van der Waals surface area contributed by atoms with E-state index in [1.165, 1.54) is 4.90 Å². The van der Waals surface area contributed by atoms with E-state index in [0.29, 0.717) is 0 Å². The van der Waals surface area contributed by atoms with Crippen molar-refractivity contribution in [3.8, 4) is 0 Å². The number of hydrogen-bond donors (Lipinski definition) is 2. The number of benzene rings is 2. The Morgan fingerprint density at radius 2 is 1.96 bits per heavy atom. The highest BCUT2D eigenvalue weighted by atomic mass is 35.5. The number of para-hydroxylation sites is 1. The Morgan fingerprint density at radius 3 is 2.84 bits per heavy atom. The molecule has 0 fully saturated rings. The summed E-state index contributed by atoms with van der Waals surface area (Å²) in [6, 6.07) is 16.5. The van der Waals surface area contributed by atoms with Gasteiger partial charge in [0.1, 0.15) is 12.1 Å². The molecule has 0 amide bonds. The van der Waals surface area contributed by atoms with Gasteiger partial charge in [0.25, 0.3) is 0 Å². The number of fused-ring (bicyclic) bond motifs is 1. The van der Waals surface area contributed by atoms with Crippen LogP contribution in [0.25, 0.3) is 0 Å². The highest BCUT2D eigenvalue weighted by Gasteiger charge is 2.21. The van der Waals surface area contributed by atoms with E-state index in [-0.39, 0.29) is 6.04 Å². The third-order valence-corrected chi connectivity index (χ3v) is 5.44. The van der Waals surface area contributed by atoms with Crippen molar-refractivity contribution in [2.24, 2.45) is 0 Å². The van der Waals surface area contributed by atoms with E-state index in [9.17, 15) is 0 Å². The molecule has 2 aromatic carbocycles. The minimum absolute atomic E-state index is 0.199. The largest absolute Gasteiger partial charge is 0.377 e. The van der Waals surface area contributed by atoms with Gasteiger partial charge in [0.2, 0.25) is 0 Å². The average molecular weight is 369 g/mol. The molecule has 0 bridgehead atoms. The second-order valence-electron chi connectivity index (χ2n) is 5.79. The zero-order valence-electron chi connectivity index (χ0n) is 13.4. The molecule has 4 nitrogen and oxygen atoms in total. The number of aromatic nitrogens is 2. The Labute approximate surface area is 156 Å². The van der Waals surface area contributed by atoms with Crippen LogP contribution in [0.15, 0.2) is 70.8 Å². The molecule has 0 saturated heterocycles. The Morgan fingerprint density at radius 1 is 1.12 bits per heavy atom. The highest BCUT2D eigenvalue weighted by Crippen LogP contribution is 2.37. The molecule has 1 aromatic heterocycles. The van der Waals surface area contributed by atoms with Gasteiger partial charge in [-0.05, 0) is 42.8 Å². The molecule has 1 atom stereocenters. The van der Waals surface area contributed by atoms with E-state index in [2.05, 4.69) is 44.9 Å². The second-order valence-corrected chi connectivity index (χ2v) is 7.34. The predicted octanol–water partition coefficient (Wildman–Crippen LogP) is 5.25. The standard InChI is InChI=1S/C19H17ClN4S/c20-13-5-7-14(8-6-13)25-18-4-2-1-3-17(18)24-16-9-10-22-19-15(16)11-21-12-23-19/h1-8,11-12,16,24H,9-10H2,(H,21,22,23). The van der Waals surface area contributed by atoms with Crippen molar-refractivity contribution in [3.05, 3.63) is 71.6 Å². The summed E-state index contributed by atoms with van der Waals surface area (Å²) in [4.78, 5) is 10.9. The molecule has 4 rings (SSSR count). The lowest BCUT2D eigenvalue weighted by Gasteiger charge is -2.27. The van der Waals surface area contributed by atoms with Gasteiger partial charge in [-0.15, -0.1) is 0 Å². The average Bonchev–Trinajstić information content (AvgIpc) is 2.65. The van der Waals surface area contributed by atoms with E-state index in [0.717, 1.165) is 40.0 Å². The Kier molecular flexibility index (Phi) is 4.76. The van der Waals surface area contributed by atoms with Gasteiger partial charge in [0, 0.05) is 38.8 Å². The molecule has 1 unspecified atom stereocenters. The number of nitrogens with one attached hydrogen (secondary N) is 2. The molecular weight excluding hydrogens is 352 g/mol. The van der Waals surface area contributed by atoms with Crippen LogP contribution in [-0.4, -0.2) is 16.5 Å². The summed E-state index contributed by atoms with van der Waals surface area (Å²) in [5.41, 5.74) is 2.23. The first-order chi connectivity index (χ1) is 12.3. The number of rotatable bonds is 4. The van der Waals surface area contributed by atoms with E-state index in [4.69, 9.17) is 11.6 Å². The molecule has 3 aromatic rings. The van der Waals surface area contributed by atoms with Crippen LogP contribution in [0.5, 0.6) is 0 Å². The number of halogens is 1. The minimum Gasteiger partial charge on any atom is -0.377 e. The van der Waals surface area contributed by atoms with Crippen LogP contribution in [0.1, 0.15) is 18.0 Å². The number of hydrogen-bond acceptors (Lipinski definition) is 5. The summed E-state index contributed by atoms with van der Waals surface area (Å²) >= 11 is 7.71. The maximum atomic E-state index is 5.98. The number of nitrogens with zero attached hydrogens (tertiary/aromatic N) is 2. The monoisotopic (exact) mass is 368 g/mol. The zero-order valence-corrected chi connectivity index (χ0v) is 15.0. The summed E-state index contributed by atoms with van der Waals surface area (Å²) in [6.45, 7) is 0.897. The third kappa shape index (κ3) is 3.72. The topological polar surface area (TPSA) is 49.8 Å². The van der Waals surface area contributed by atoms with E-state index >= 15 is 0 Å². The molecule has 1 aliphatic heterocycles. The molecule has 2 N–H and O–H groups in total. The van der Waals surface area contributed by atoms with Crippen molar-refractivity contribution in [2.45, 2.75) is 22.3 Å². The first-order valence-corrected chi connectivity index (χ1v) is 9.32. The fourth-order valence-electron chi connectivity index (χ4n) is 2.88. The zero-order chi connectivity index (χ0) is 17.1. The van der Waals surface area contributed by atoms with E-state index in [1.54, 1.807) is 18.1 Å². The molecule has 126 valence electrons. The van der Waals surface area contributed by atoms with E-state index in [1.807, 2.05) is 30.5 Å². The highest BCUT2D eigenvalue weighted by molar-refractivity contribution is 7.99. The Hall–Kier alpha value is -2.24. The Balaban J connectivity index is 1.59. The van der Waals surface area contributed by atoms with Crippen molar-refractivity contribution < 1.29 is 0 Å². The van der Waals surface area contributed by atoms with Crippen LogP contribution < -0.4 is 10.6 Å². The normalized spacial score (nSPS) is 16.0. The lowest BCUT2D eigenvalue weighted by Crippen LogP contribution is -2.23. The lowest BCUT2D eigenvalue weighted by molar-refractivity contribution is 0.683. The maximum Gasteiger partial charge on any atom is 0.134 e. The molecular formula is C19H17ClN4S. The lowest BCUT2D eigenvalue weighted by atomic mass is 10.0. The summed E-state index contributed by atoms with van der Waals surface area (Å²) < 4.78 is 0. The molecule has 1 aliphatic rings. The first kappa shape index (κ1) is 16.2. The van der Waals surface area contributed by atoms with Crippen molar-refractivity contribution >= 4 is 34.9 Å². The predicted molar refractivity (Wildman–Crippen MR) is 104 cm³/mol. The molecule has 25 heavy (non-hydrogen) atoms. The molecule has 0 aliphatic carbocycles. The van der Waals surface area contributed by atoms with Gasteiger partial charge in [-0.3, -0.25) is 0 Å². The summed E-state index contributed by atoms with van der Waals surface area (Å²) in [6.07, 6.45) is 4.46. The van der Waals surface area contributed by atoms with Crippen molar-refractivity contribution in [3.63, 3.8) is 0 Å². The number of anilines is 2. The second kappa shape index (κ2) is 7.33. The van der Waals surface area contributed by atoms with Crippen molar-refractivity contribution in [2.75, 3.05) is 17.2 Å². The van der Waals surface area contributed by atoms with Crippen LogP contribution in [-0.2, 0) is 0 Å². The molecule has 0 spiro atoms. The minimum atomic E-state index is 0.199. The summed E-state index contributed by atoms with van der Waals surface area (Å²) in [7, 11) is 0. The van der Waals surface area contributed by atoms with Gasteiger partial charge < -0.3 is 10.6 Å². The van der Waals surface area contributed by atoms with Crippen molar-refractivity contribution in [1.82, 2.24) is 9.97 Å². The SMILES string of the molecule is Clc1ccc(Sc2ccccc2NC2CCNc3ncncc32)cc1. The van der Waals surface area contributed by atoms with Crippen molar-refractivity contribution in [1.29, 1.82) is 0 Å². The van der Waals surface area contributed by atoms with Gasteiger partial charge in [-0.25, -0.2) is 9.97 Å². The van der Waals surface area contributed by atoms with Crippen LogP contribution in [0.2, 0.25) is 5.02 Å². The quantitative estimate of drug-likeness (QED) is 0.658. The summed E-state index contributed by atoms with van der Waals surface area (Å²) in [5.74, 6) is 0.918. The third-order valence-electron chi connectivity index (χ3n) is 4.10. The maximum absolute atomic E-state index is 5.98. The first-order valence-electron chi connectivity index (χ1n) is 8.12. The molecule has 0 saturated carbocycles. The smallest absolute Gasteiger partial charge is 0.134 e. The van der Waals surface area contributed by atoms with Gasteiger partial charge in [0.15, 0.2) is 0 Å².